The number of methoxy groups -OCH3 is 1. The number of rotatable bonds is 6. The van der Waals surface area contributed by atoms with Gasteiger partial charge in [-0.05, 0) is 43.4 Å². The Bertz CT molecular complexity index is 887. The fraction of sp³-hybridized carbons (Fsp3) is 0.455. The molecule has 6 heteroatoms. The van der Waals surface area contributed by atoms with Gasteiger partial charge in [0.1, 0.15) is 5.75 Å². The van der Waals surface area contributed by atoms with Gasteiger partial charge in [-0.15, -0.1) is 0 Å². The van der Waals surface area contributed by atoms with E-state index in [-0.39, 0.29) is 10.9 Å². The minimum Gasteiger partial charge on any atom is -0.497 e. The lowest BCUT2D eigenvalue weighted by Crippen LogP contribution is -2.56. The van der Waals surface area contributed by atoms with Gasteiger partial charge in [0, 0.05) is 30.7 Å². The molecule has 2 atom stereocenters. The van der Waals surface area contributed by atoms with Crippen LogP contribution in [-0.2, 0) is 16.6 Å². The van der Waals surface area contributed by atoms with Crippen molar-refractivity contribution in [2.24, 2.45) is 0 Å². The van der Waals surface area contributed by atoms with Crippen LogP contribution in [-0.4, -0.2) is 38.6 Å². The second kappa shape index (κ2) is 8.23. The molecule has 28 heavy (non-hydrogen) atoms. The van der Waals surface area contributed by atoms with E-state index in [1.807, 2.05) is 6.07 Å². The van der Waals surface area contributed by atoms with E-state index in [2.05, 4.69) is 33.9 Å². The standard InChI is InChI=1S/C22H28N2O3S/c1-27-21-11-6-12-22(15-21)28(25,26)23-18-13-19-9-5-10-20(14-18)24(19)16-17-7-3-2-4-8-17/h2-4,6-8,11-12,15,18-20,23H,5,9-10,13-14,16H2,1H3. The molecule has 2 unspecified atom stereocenters. The SMILES string of the molecule is COc1cccc(S(=O)(=O)NC2CC3CCCC(C2)N3Cc2ccccc2)c1. The number of hydrogen-bond donors (Lipinski definition) is 1. The fourth-order valence-corrected chi connectivity index (χ4v) is 5.98. The first kappa shape index (κ1) is 19.4. The van der Waals surface area contributed by atoms with Crippen molar-refractivity contribution < 1.29 is 13.2 Å². The molecule has 1 N–H and O–H groups in total. The molecule has 0 aliphatic carbocycles. The van der Waals surface area contributed by atoms with Crippen LogP contribution >= 0.6 is 0 Å². The van der Waals surface area contributed by atoms with E-state index in [1.54, 1.807) is 31.4 Å². The number of piperidine rings is 2. The maximum absolute atomic E-state index is 12.9. The Morgan fingerprint density at radius 1 is 1.04 bits per heavy atom. The Hall–Kier alpha value is -1.89. The summed E-state index contributed by atoms with van der Waals surface area (Å²) in [5.74, 6) is 0.553. The summed E-state index contributed by atoms with van der Waals surface area (Å²) in [6.07, 6.45) is 5.25. The third-order valence-corrected chi connectivity index (χ3v) is 7.53. The summed E-state index contributed by atoms with van der Waals surface area (Å²) in [6.45, 7) is 0.950. The molecule has 5 nitrogen and oxygen atoms in total. The summed E-state index contributed by atoms with van der Waals surface area (Å²) in [6, 6.07) is 18.1. The van der Waals surface area contributed by atoms with Crippen LogP contribution in [0.3, 0.4) is 0 Å². The highest BCUT2D eigenvalue weighted by Crippen LogP contribution is 2.35. The van der Waals surface area contributed by atoms with Crippen molar-refractivity contribution >= 4 is 10.0 Å². The zero-order valence-electron chi connectivity index (χ0n) is 16.3. The van der Waals surface area contributed by atoms with Gasteiger partial charge in [-0.1, -0.05) is 42.8 Å². The van der Waals surface area contributed by atoms with Crippen molar-refractivity contribution in [3.05, 3.63) is 60.2 Å². The molecule has 0 amide bonds. The second-order valence-corrected chi connectivity index (χ2v) is 9.58. The Morgan fingerprint density at radius 3 is 2.43 bits per heavy atom. The molecule has 0 spiro atoms. The molecular formula is C22H28N2O3S. The molecule has 2 bridgehead atoms. The Labute approximate surface area is 167 Å². The van der Waals surface area contributed by atoms with Crippen LogP contribution in [0.15, 0.2) is 59.5 Å². The van der Waals surface area contributed by atoms with Crippen LogP contribution in [0, 0.1) is 0 Å². The zero-order chi connectivity index (χ0) is 19.6. The molecule has 150 valence electrons. The second-order valence-electron chi connectivity index (χ2n) is 7.87. The first-order valence-electron chi connectivity index (χ1n) is 10.0. The summed E-state index contributed by atoms with van der Waals surface area (Å²) in [4.78, 5) is 2.86. The number of fused-ring (bicyclic) bond motifs is 2. The maximum atomic E-state index is 12.9. The third-order valence-electron chi connectivity index (χ3n) is 6.01. The third kappa shape index (κ3) is 4.24. The quantitative estimate of drug-likeness (QED) is 0.806. The number of sulfonamides is 1. The summed E-state index contributed by atoms with van der Waals surface area (Å²) >= 11 is 0. The van der Waals surface area contributed by atoms with Gasteiger partial charge in [0.25, 0.3) is 0 Å². The largest absolute Gasteiger partial charge is 0.497 e. The lowest BCUT2D eigenvalue weighted by molar-refractivity contribution is 0.0217. The van der Waals surface area contributed by atoms with Crippen LogP contribution in [0.4, 0.5) is 0 Å². The minimum absolute atomic E-state index is 0.0153. The van der Waals surface area contributed by atoms with Crippen molar-refractivity contribution in [2.75, 3.05) is 7.11 Å². The van der Waals surface area contributed by atoms with E-state index in [0.717, 1.165) is 32.2 Å². The number of nitrogens with zero attached hydrogens (tertiary/aromatic N) is 1. The number of benzene rings is 2. The molecule has 2 aliphatic heterocycles. The molecule has 4 rings (SSSR count). The van der Waals surface area contributed by atoms with Gasteiger partial charge in [-0.3, -0.25) is 4.90 Å². The molecule has 2 fully saturated rings. The van der Waals surface area contributed by atoms with E-state index in [9.17, 15) is 8.42 Å². The van der Waals surface area contributed by atoms with Crippen molar-refractivity contribution in [3.63, 3.8) is 0 Å². The molecular weight excluding hydrogens is 372 g/mol. The lowest BCUT2D eigenvalue weighted by Gasteiger charge is -2.49. The van der Waals surface area contributed by atoms with Gasteiger partial charge < -0.3 is 4.74 Å². The highest BCUT2D eigenvalue weighted by Gasteiger charge is 2.39. The Kier molecular flexibility index (Phi) is 5.71. The van der Waals surface area contributed by atoms with Gasteiger partial charge in [0.15, 0.2) is 0 Å². The van der Waals surface area contributed by atoms with Crippen LogP contribution in [0.2, 0.25) is 0 Å². The molecule has 0 aromatic heterocycles. The molecule has 0 saturated carbocycles. The van der Waals surface area contributed by atoms with Crippen molar-refractivity contribution in [1.29, 1.82) is 0 Å². The van der Waals surface area contributed by atoms with Gasteiger partial charge in [0.2, 0.25) is 10.0 Å². The molecule has 2 aliphatic rings. The summed E-state index contributed by atoms with van der Waals surface area (Å²) in [5.41, 5.74) is 1.33. The number of nitrogens with one attached hydrogen (secondary N) is 1. The summed E-state index contributed by atoms with van der Waals surface area (Å²) in [7, 11) is -2.00. The average molecular weight is 401 g/mol. The lowest BCUT2D eigenvalue weighted by atomic mass is 9.82. The van der Waals surface area contributed by atoms with Crippen molar-refractivity contribution in [1.82, 2.24) is 9.62 Å². The molecule has 2 aromatic carbocycles. The zero-order valence-corrected chi connectivity index (χ0v) is 17.1. The topological polar surface area (TPSA) is 58.6 Å². The molecule has 2 saturated heterocycles. The highest BCUT2D eigenvalue weighted by molar-refractivity contribution is 7.89. The van der Waals surface area contributed by atoms with E-state index >= 15 is 0 Å². The van der Waals surface area contributed by atoms with Gasteiger partial charge >= 0.3 is 0 Å². The van der Waals surface area contributed by atoms with Crippen LogP contribution in [0.5, 0.6) is 5.75 Å². The normalized spacial score (nSPS) is 25.4. The van der Waals surface area contributed by atoms with Gasteiger partial charge in [-0.25, -0.2) is 13.1 Å². The van der Waals surface area contributed by atoms with E-state index in [0.29, 0.717) is 17.8 Å². The fourth-order valence-electron chi connectivity index (χ4n) is 4.68. The maximum Gasteiger partial charge on any atom is 0.240 e. The van der Waals surface area contributed by atoms with Crippen LogP contribution < -0.4 is 9.46 Å². The van der Waals surface area contributed by atoms with Crippen LogP contribution in [0.25, 0.3) is 0 Å². The first-order valence-corrected chi connectivity index (χ1v) is 11.5. The van der Waals surface area contributed by atoms with E-state index < -0.39 is 10.0 Å². The van der Waals surface area contributed by atoms with Crippen molar-refractivity contribution in [2.45, 2.75) is 61.7 Å². The highest BCUT2D eigenvalue weighted by atomic mass is 32.2. The Balaban J connectivity index is 1.46. The van der Waals surface area contributed by atoms with Crippen LogP contribution in [0.1, 0.15) is 37.7 Å². The van der Waals surface area contributed by atoms with Crippen molar-refractivity contribution in [3.8, 4) is 5.75 Å². The molecule has 2 heterocycles. The average Bonchev–Trinajstić information content (AvgIpc) is 2.69. The smallest absolute Gasteiger partial charge is 0.240 e. The number of hydrogen-bond acceptors (Lipinski definition) is 4. The van der Waals surface area contributed by atoms with E-state index in [4.69, 9.17) is 4.74 Å². The monoisotopic (exact) mass is 400 g/mol. The van der Waals surface area contributed by atoms with E-state index in [1.165, 1.54) is 12.0 Å². The predicted molar refractivity (Wildman–Crippen MR) is 110 cm³/mol. The summed E-state index contributed by atoms with van der Waals surface area (Å²) in [5, 5.41) is 0. The first-order chi connectivity index (χ1) is 13.5. The minimum atomic E-state index is -3.55. The molecule has 2 aromatic rings. The number of ether oxygens (including phenoxy) is 1. The van der Waals surface area contributed by atoms with Gasteiger partial charge in [0.05, 0.1) is 12.0 Å². The van der Waals surface area contributed by atoms with Gasteiger partial charge in [-0.2, -0.15) is 0 Å². The predicted octanol–water partition coefficient (Wildman–Crippen LogP) is 3.56. The Morgan fingerprint density at radius 2 is 1.75 bits per heavy atom. The summed E-state index contributed by atoms with van der Waals surface area (Å²) < 4.78 is 33.9. The molecule has 0 radical (unpaired) electrons.